The number of aryl methyl sites for hydroxylation is 1. The van der Waals surface area contributed by atoms with Crippen LogP contribution in [0.25, 0.3) is 0 Å². The fraction of sp³-hybridized carbons (Fsp3) is 0.235. The molecule has 0 spiro atoms. The molecular weight excluding hydrogens is 264 g/mol. The van der Waals surface area contributed by atoms with Crippen LogP contribution >= 0.6 is 0 Å². The van der Waals surface area contributed by atoms with Crippen molar-refractivity contribution in [2.24, 2.45) is 0 Å². The molecule has 2 aromatic rings. The zero-order valence-corrected chi connectivity index (χ0v) is 12.0. The number of rotatable bonds is 2. The number of carbonyl (C=O) groups is 1. The lowest BCUT2D eigenvalue weighted by Gasteiger charge is -2.30. The van der Waals surface area contributed by atoms with Crippen molar-refractivity contribution < 1.29 is 9.53 Å². The minimum atomic E-state index is 0.00389. The number of anilines is 2. The first kappa shape index (κ1) is 13.5. The van der Waals surface area contributed by atoms with E-state index in [1.807, 2.05) is 23.1 Å². The first-order valence-corrected chi connectivity index (χ1v) is 7.03. The van der Waals surface area contributed by atoms with Crippen molar-refractivity contribution in [2.45, 2.75) is 12.8 Å². The number of hydrogen-bond acceptors (Lipinski definition) is 3. The molecule has 0 saturated heterocycles. The summed E-state index contributed by atoms with van der Waals surface area (Å²) in [6.07, 6.45) is 1.96. The van der Waals surface area contributed by atoms with Crippen molar-refractivity contribution in [3.63, 3.8) is 0 Å². The van der Waals surface area contributed by atoms with Gasteiger partial charge in [-0.2, -0.15) is 0 Å². The normalized spacial score (nSPS) is 13.7. The molecule has 1 amide bonds. The van der Waals surface area contributed by atoms with Gasteiger partial charge in [0.05, 0.1) is 12.8 Å². The minimum absolute atomic E-state index is 0.00389. The first-order valence-electron chi connectivity index (χ1n) is 7.03. The Labute approximate surface area is 124 Å². The molecule has 0 bridgehead atoms. The lowest BCUT2D eigenvalue weighted by atomic mass is 10.0. The van der Waals surface area contributed by atoms with Gasteiger partial charge in [0.1, 0.15) is 5.75 Å². The highest BCUT2D eigenvalue weighted by Gasteiger charge is 2.24. The smallest absolute Gasteiger partial charge is 0.258 e. The van der Waals surface area contributed by atoms with Crippen molar-refractivity contribution in [1.82, 2.24) is 0 Å². The van der Waals surface area contributed by atoms with Crippen molar-refractivity contribution in [2.75, 3.05) is 24.3 Å². The van der Waals surface area contributed by atoms with Crippen LogP contribution in [0.15, 0.2) is 42.5 Å². The molecule has 4 heteroatoms. The number of methoxy groups -OCH3 is 1. The Kier molecular flexibility index (Phi) is 3.52. The molecule has 21 heavy (non-hydrogen) atoms. The average Bonchev–Trinajstić information content (AvgIpc) is 2.54. The molecule has 2 N–H and O–H groups in total. The van der Waals surface area contributed by atoms with E-state index in [0.717, 1.165) is 30.8 Å². The first-order chi connectivity index (χ1) is 10.2. The summed E-state index contributed by atoms with van der Waals surface area (Å²) in [5, 5.41) is 0. The Morgan fingerprint density at radius 3 is 2.67 bits per heavy atom. The molecule has 0 unspecified atom stereocenters. The van der Waals surface area contributed by atoms with Crippen molar-refractivity contribution in [3.05, 3.63) is 53.6 Å². The lowest BCUT2D eigenvalue weighted by molar-refractivity contribution is 0.0985. The van der Waals surface area contributed by atoms with Gasteiger partial charge in [0, 0.05) is 23.9 Å². The van der Waals surface area contributed by atoms with Crippen LogP contribution in [0.5, 0.6) is 5.75 Å². The fourth-order valence-corrected chi connectivity index (χ4v) is 2.67. The van der Waals surface area contributed by atoms with Crippen LogP contribution in [0.2, 0.25) is 0 Å². The number of nitrogens with two attached hydrogens (primary N) is 1. The molecule has 0 aliphatic carbocycles. The van der Waals surface area contributed by atoms with E-state index in [2.05, 4.69) is 0 Å². The second kappa shape index (κ2) is 5.48. The maximum Gasteiger partial charge on any atom is 0.258 e. The molecule has 108 valence electrons. The Morgan fingerprint density at radius 2 is 1.95 bits per heavy atom. The van der Waals surface area contributed by atoms with Gasteiger partial charge < -0.3 is 15.4 Å². The number of nitrogen functional groups attached to an aromatic ring is 1. The van der Waals surface area contributed by atoms with Gasteiger partial charge in [0.15, 0.2) is 0 Å². The summed E-state index contributed by atoms with van der Waals surface area (Å²) in [6.45, 7) is 0.726. The van der Waals surface area contributed by atoms with Crippen LogP contribution in [0.1, 0.15) is 22.3 Å². The van der Waals surface area contributed by atoms with E-state index in [0.29, 0.717) is 11.3 Å². The SMILES string of the molecule is COc1ccc2c(c1)N(C(=O)c1ccc(N)cc1)CCC2. The third-order valence-electron chi connectivity index (χ3n) is 3.81. The standard InChI is InChI=1S/C17H18N2O2/c1-21-15-9-6-12-3-2-10-19(16(12)11-15)17(20)13-4-7-14(18)8-5-13/h4-9,11H,2-3,10,18H2,1H3. The van der Waals surface area contributed by atoms with Gasteiger partial charge in [-0.1, -0.05) is 6.07 Å². The highest BCUT2D eigenvalue weighted by atomic mass is 16.5. The van der Waals surface area contributed by atoms with Gasteiger partial charge >= 0.3 is 0 Å². The Bertz CT molecular complexity index is 665. The Hall–Kier alpha value is -2.49. The van der Waals surface area contributed by atoms with Gasteiger partial charge in [-0.15, -0.1) is 0 Å². The van der Waals surface area contributed by atoms with Crippen molar-refractivity contribution >= 4 is 17.3 Å². The highest BCUT2D eigenvalue weighted by Crippen LogP contribution is 2.32. The maximum absolute atomic E-state index is 12.7. The molecular formula is C17H18N2O2. The third kappa shape index (κ3) is 2.57. The van der Waals surface area contributed by atoms with E-state index < -0.39 is 0 Å². The second-order valence-corrected chi connectivity index (χ2v) is 5.18. The molecule has 0 saturated carbocycles. The predicted molar refractivity (Wildman–Crippen MR) is 83.8 cm³/mol. The largest absolute Gasteiger partial charge is 0.497 e. The summed E-state index contributed by atoms with van der Waals surface area (Å²) in [4.78, 5) is 14.5. The lowest BCUT2D eigenvalue weighted by Crippen LogP contribution is -2.35. The van der Waals surface area contributed by atoms with Gasteiger partial charge in [-0.05, 0) is 48.7 Å². The van der Waals surface area contributed by atoms with Gasteiger partial charge in [0.2, 0.25) is 0 Å². The van der Waals surface area contributed by atoms with E-state index in [1.54, 1.807) is 31.4 Å². The number of amides is 1. The van der Waals surface area contributed by atoms with E-state index in [-0.39, 0.29) is 5.91 Å². The van der Waals surface area contributed by atoms with Gasteiger partial charge in [-0.3, -0.25) is 4.79 Å². The molecule has 1 aliphatic rings. The number of fused-ring (bicyclic) bond motifs is 1. The molecule has 0 radical (unpaired) electrons. The van der Waals surface area contributed by atoms with Crippen molar-refractivity contribution in [1.29, 1.82) is 0 Å². The summed E-state index contributed by atoms with van der Waals surface area (Å²) in [6, 6.07) is 13.0. The van der Waals surface area contributed by atoms with E-state index >= 15 is 0 Å². The van der Waals surface area contributed by atoms with Crippen LogP contribution in [0, 0.1) is 0 Å². The molecule has 2 aromatic carbocycles. The third-order valence-corrected chi connectivity index (χ3v) is 3.81. The van der Waals surface area contributed by atoms with E-state index in [1.165, 1.54) is 5.56 Å². The number of hydrogen-bond donors (Lipinski definition) is 1. The summed E-state index contributed by atoms with van der Waals surface area (Å²) in [7, 11) is 1.64. The maximum atomic E-state index is 12.7. The average molecular weight is 282 g/mol. The molecule has 1 heterocycles. The summed E-state index contributed by atoms with van der Waals surface area (Å²) < 4.78 is 5.28. The van der Waals surface area contributed by atoms with Gasteiger partial charge in [-0.25, -0.2) is 0 Å². The van der Waals surface area contributed by atoms with Crippen LogP contribution in [0.3, 0.4) is 0 Å². The zero-order valence-electron chi connectivity index (χ0n) is 12.0. The molecule has 0 fully saturated rings. The topological polar surface area (TPSA) is 55.6 Å². The van der Waals surface area contributed by atoms with Crippen LogP contribution < -0.4 is 15.4 Å². The molecule has 4 nitrogen and oxygen atoms in total. The van der Waals surface area contributed by atoms with Crippen molar-refractivity contribution in [3.8, 4) is 5.75 Å². The second-order valence-electron chi connectivity index (χ2n) is 5.18. The Balaban J connectivity index is 1.97. The van der Waals surface area contributed by atoms with E-state index in [9.17, 15) is 4.79 Å². The number of benzene rings is 2. The molecule has 0 aromatic heterocycles. The summed E-state index contributed by atoms with van der Waals surface area (Å²) >= 11 is 0. The highest BCUT2D eigenvalue weighted by molar-refractivity contribution is 6.07. The van der Waals surface area contributed by atoms with E-state index in [4.69, 9.17) is 10.5 Å². The number of ether oxygens (including phenoxy) is 1. The molecule has 3 rings (SSSR count). The van der Waals surface area contributed by atoms with Gasteiger partial charge in [0.25, 0.3) is 5.91 Å². The number of carbonyl (C=O) groups excluding carboxylic acids is 1. The van der Waals surface area contributed by atoms with Crippen LogP contribution in [-0.2, 0) is 6.42 Å². The number of nitrogens with zero attached hydrogens (tertiary/aromatic N) is 1. The summed E-state index contributed by atoms with van der Waals surface area (Å²) in [5.41, 5.74) is 9.12. The quantitative estimate of drug-likeness (QED) is 0.862. The Morgan fingerprint density at radius 1 is 1.19 bits per heavy atom. The van der Waals surface area contributed by atoms with Crippen LogP contribution in [-0.4, -0.2) is 19.6 Å². The predicted octanol–water partition coefficient (Wildman–Crippen LogP) is 2.87. The van der Waals surface area contributed by atoms with Crippen LogP contribution in [0.4, 0.5) is 11.4 Å². The minimum Gasteiger partial charge on any atom is -0.497 e. The monoisotopic (exact) mass is 282 g/mol. The fourth-order valence-electron chi connectivity index (χ4n) is 2.67. The molecule has 0 atom stereocenters. The molecule has 1 aliphatic heterocycles. The summed E-state index contributed by atoms with van der Waals surface area (Å²) in [5.74, 6) is 0.773. The zero-order chi connectivity index (χ0) is 14.8.